The van der Waals surface area contributed by atoms with Crippen molar-refractivity contribution in [2.24, 2.45) is 0 Å². The van der Waals surface area contributed by atoms with Crippen molar-refractivity contribution in [2.75, 3.05) is 16.8 Å². The summed E-state index contributed by atoms with van der Waals surface area (Å²) >= 11 is 0. The average molecular weight is 436 g/mol. The Kier molecular flexibility index (Phi) is 4.50. The van der Waals surface area contributed by atoms with Gasteiger partial charge in [-0.15, -0.1) is 0 Å². The number of furan rings is 1. The van der Waals surface area contributed by atoms with Crippen LogP contribution in [0, 0.1) is 0 Å². The number of benzene rings is 3. The zero-order valence-corrected chi connectivity index (χ0v) is 17.7. The van der Waals surface area contributed by atoms with Gasteiger partial charge in [-0.2, -0.15) is 0 Å². The summed E-state index contributed by atoms with van der Waals surface area (Å²) in [6.07, 6.45) is 2.25. The molecule has 0 aliphatic carbocycles. The van der Waals surface area contributed by atoms with Gasteiger partial charge in [0, 0.05) is 29.0 Å². The van der Waals surface area contributed by atoms with E-state index in [2.05, 4.69) is 5.32 Å². The van der Waals surface area contributed by atoms with E-state index in [1.54, 1.807) is 17.0 Å². The van der Waals surface area contributed by atoms with Crippen LogP contribution < -0.4 is 15.0 Å². The van der Waals surface area contributed by atoms with Gasteiger partial charge in [-0.3, -0.25) is 9.59 Å². The van der Waals surface area contributed by atoms with Crippen molar-refractivity contribution in [3.05, 3.63) is 108 Å². The molecule has 0 bridgehead atoms. The summed E-state index contributed by atoms with van der Waals surface area (Å²) in [5, 5.41) is 3.06. The lowest BCUT2D eigenvalue weighted by Crippen LogP contribution is -2.28. The van der Waals surface area contributed by atoms with Crippen LogP contribution in [0.2, 0.25) is 0 Å². The van der Waals surface area contributed by atoms with E-state index in [-0.39, 0.29) is 11.8 Å². The van der Waals surface area contributed by atoms with Crippen molar-refractivity contribution in [1.29, 1.82) is 0 Å². The van der Waals surface area contributed by atoms with Gasteiger partial charge in [0.1, 0.15) is 11.5 Å². The first kappa shape index (κ1) is 19.4. The zero-order chi connectivity index (χ0) is 22.4. The smallest absolute Gasteiger partial charge is 0.293 e. The van der Waals surface area contributed by atoms with E-state index < -0.39 is 5.92 Å². The number of para-hydroxylation sites is 2. The molecule has 0 spiro atoms. The normalized spacial score (nSPS) is 14.1. The summed E-state index contributed by atoms with van der Waals surface area (Å²) in [6.45, 7) is 0.576. The van der Waals surface area contributed by atoms with E-state index in [9.17, 15) is 9.59 Å². The first-order valence-corrected chi connectivity index (χ1v) is 10.8. The highest BCUT2D eigenvalue weighted by Crippen LogP contribution is 2.44. The van der Waals surface area contributed by atoms with Gasteiger partial charge < -0.3 is 19.4 Å². The Hall–Kier alpha value is -4.32. The fraction of sp³-hybridized carbons (Fsp3) is 0.111. The average Bonchev–Trinajstić information content (AvgIpc) is 3.52. The lowest BCUT2D eigenvalue weighted by atomic mass is 9.87. The Bertz CT molecular complexity index is 1330. The maximum absolute atomic E-state index is 13.5. The molecule has 6 heteroatoms. The van der Waals surface area contributed by atoms with E-state index in [1.165, 1.54) is 6.26 Å². The largest absolute Gasteiger partial charge is 0.459 e. The monoisotopic (exact) mass is 436 g/mol. The number of amides is 2. The molecular formula is C27H20N2O4. The second-order valence-corrected chi connectivity index (χ2v) is 8.13. The molecule has 1 N–H and O–H groups in total. The molecule has 1 aromatic heterocycles. The SMILES string of the molecule is O=C(Nc1ccc2c(c1)N(C(=O)c1ccco1)CC2)C1c2ccccc2Oc2ccccc21. The number of carbonyl (C=O) groups excluding carboxylic acids is 2. The second kappa shape index (κ2) is 7.67. The topological polar surface area (TPSA) is 71.8 Å². The maximum atomic E-state index is 13.5. The molecular weight excluding hydrogens is 416 g/mol. The molecule has 0 unspecified atom stereocenters. The zero-order valence-electron chi connectivity index (χ0n) is 17.7. The first-order valence-electron chi connectivity index (χ1n) is 10.8. The predicted octanol–water partition coefficient (Wildman–Crippen LogP) is 5.36. The number of ether oxygens (including phenoxy) is 1. The molecule has 3 aromatic carbocycles. The molecule has 0 fully saturated rings. The number of nitrogens with zero attached hydrogens (tertiary/aromatic N) is 1. The minimum Gasteiger partial charge on any atom is -0.459 e. The Morgan fingerprint density at radius 3 is 2.30 bits per heavy atom. The molecule has 2 amide bonds. The highest BCUT2D eigenvalue weighted by Gasteiger charge is 2.33. The summed E-state index contributed by atoms with van der Waals surface area (Å²) in [7, 11) is 0. The fourth-order valence-corrected chi connectivity index (χ4v) is 4.61. The van der Waals surface area contributed by atoms with Crippen molar-refractivity contribution in [3.8, 4) is 11.5 Å². The highest BCUT2D eigenvalue weighted by atomic mass is 16.5. The van der Waals surface area contributed by atoms with Crippen LogP contribution in [0.3, 0.4) is 0 Å². The van der Waals surface area contributed by atoms with Gasteiger partial charge in [0.25, 0.3) is 5.91 Å². The van der Waals surface area contributed by atoms with Crippen LogP contribution in [0.15, 0.2) is 89.5 Å². The molecule has 3 heterocycles. The van der Waals surface area contributed by atoms with Crippen LogP contribution in [-0.4, -0.2) is 18.4 Å². The minimum absolute atomic E-state index is 0.153. The summed E-state index contributed by atoms with van der Waals surface area (Å²) < 4.78 is 11.3. The number of hydrogen-bond acceptors (Lipinski definition) is 4. The van der Waals surface area contributed by atoms with Crippen LogP contribution in [0.4, 0.5) is 11.4 Å². The lowest BCUT2D eigenvalue weighted by Gasteiger charge is -2.27. The third-order valence-electron chi connectivity index (χ3n) is 6.17. The third-order valence-corrected chi connectivity index (χ3v) is 6.17. The lowest BCUT2D eigenvalue weighted by molar-refractivity contribution is -0.116. The number of rotatable bonds is 3. The summed E-state index contributed by atoms with van der Waals surface area (Å²) in [6, 6.07) is 24.3. The second-order valence-electron chi connectivity index (χ2n) is 8.13. The predicted molar refractivity (Wildman–Crippen MR) is 124 cm³/mol. The van der Waals surface area contributed by atoms with Gasteiger partial charge in [-0.1, -0.05) is 42.5 Å². The van der Waals surface area contributed by atoms with Crippen molar-refractivity contribution in [1.82, 2.24) is 0 Å². The Labute approximate surface area is 190 Å². The van der Waals surface area contributed by atoms with Crippen LogP contribution in [0.5, 0.6) is 11.5 Å². The van der Waals surface area contributed by atoms with Gasteiger partial charge in [0.15, 0.2) is 5.76 Å². The van der Waals surface area contributed by atoms with E-state index in [1.807, 2.05) is 66.7 Å². The first-order chi connectivity index (χ1) is 16.2. The van der Waals surface area contributed by atoms with Crippen molar-refractivity contribution >= 4 is 23.2 Å². The summed E-state index contributed by atoms with van der Waals surface area (Å²) in [4.78, 5) is 28.1. The Balaban J connectivity index is 1.32. The molecule has 6 nitrogen and oxygen atoms in total. The number of nitrogens with one attached hydrogen (secondary N) is 1. The molecule has 0 radical (unpaired) electrons. The van der Waals surface area contributed by atoms with E-state index in [4.69, 9.17) is 9.15 Å². The van der Waals surface area contributed by atoms with Crippen LogP contribution >= 0.6 is 0 Å². The molecule has 33 heavy (non-hydrogen) atoms. The van der Waals surface area contributed by atoms with Crippen LogP contribution in [0.25, 0.3) is 0 Å². The van der Waals surface area contributed by atoms with Crippen LogP contribution in [0.1, 0.15) is 33.2 Å². The standard InChI is InChI=1S/C27H20N2O4/c30-26(25-19-6-1-3-8-22(19)33-23-9-4-2-7-20(23)25)28-18-12-11-17-13-14-29(21(17)16-18)27(31)24-10-5-15-32-24/h1-12,15-16,25H,13-14H2,(H,28,30). The van der Waals surface area contributed by atoms with Crippen molar-refractivity contribution < 1.29 is 18.7 Å². The molecule has 2 aliphatic rings. The maximum Gasteiger partial charge on any atom is 0.293 e. The molecule has 0 saturated carbocycles. The summed E-state index contributed by atoms with van der Waals surface area (Å²) in [5.41, 5.74) is 4.14. The molecule has 0 atom stereocenters. The van der Waals surface area contributed by atoms with E-state index in [0.717, 1.165) is 28.8 Å². The third kappa shape index (κ3) is 3.27. The molecule has 162 valence electrons. The van der Waals surface area contributed by atoms with Gasteiger partial charge in [0.2, 0.25) is 5.91 Å². The molecule has 2 aliphatic heterocycles. The quantitative estimate of drug-likeness (QED) is 0.469. The fourth-order valence-electron chi connectivity index (χ4n) is 4.61. The number of anilines is 2. The van der Waals surface area contributed by atoms with Gasteiger partial charge in [-0.05, 0) is 48.4 Å². The molecule has 4 aromatic rings. The van der Waals surface area contributed by atoms with Crippen LogP contribution in [-0.2, 0) is 11.2 Å². The Morgan fingerprint density at radius 2 is 1.61 bits per heavy atom. The number of fused-ring (bicyclic) bond motifs is 3. The van der Waals surface area contributed by atoms with E-state index >= 15 is 0 Å². The molecule has 0 saturated heterocycles. The van der Waals surface area contributed by atoms with Gasteiger partial charge >= 0.3 is 0 Å². The van der Waals surface area contributed by atoms with Crippen molar-refractivity contribution in [2.45, 2.75) is 12.3 Å². The van der Waals surface area contributed by atoms with Crippen molar-refractivity contribution in [3.63, 3.8) is 0 Å². The Morgan fingerprint density at radius 1 is 0.879 bits per heavy atom. The highest BCUT2D eigenvalue weighted by molar-refractivity contribution is 6.06. The van der Waals surface area contributed by atoms with E-state index in [0.29, 0.717) is 29.5 Å². The van der Waals surface area contributed by atoms with Gasteiger partial charge in [0.05, 0.1) is 12.2 Å². The molecule has 6 rings (SSSR count). The summed E-state index contributed by atoms with van der Waals surface area (Å²) in [5.74, 6) is 0.823. The number of hydrogen-bond donors (Lipinski definition) is 1. The van der Waals surface area contributed by atoms with Gasteiger partial charge in [-0.25, -0.2) is 0 Å². The number of carbonyl (C=O) groups is 2. The minimum atomic E-state index is -0.500.